The number of urea groups is 1. The normalized spacial score (nSPS) is 15.6. The second-order valence-electron chi connectivity index (χ2n) is 8.15. The Labute approximate surface area is 172 Å². The summed E-state index contributed by atoms with van der Waals surface area (Å²) in [4.78, 5) is 23.5. The lowest BCUT2D eigenvalue weighted by atomic mass is 10.1. The summed E-state index contributed by atoms with van der Waals surface area (Å²) in [6.45, 7) is 7.84. The van der Waals surface area contributed by atoms with Gasteiger partial charge in [0.15, 0.2) is 0 Å². The van der Waals surface area contributed by atoms with E-state index in [1.807, 2.05) is 18.0 Å². The van der Waals surface area contributed by atoms with Gasteiger partial charge >= 0.3 is 6.03 Å². The third-order valence-electron chi connectivity index (χ3n) is 5.66. The Bertz CT molecular complexity index is 885. The van der Waals surface area contributed by atoms with Crippen LogP contribution in [0.2, 0.25) is 0 Å². The second kappa shape index (κ2) is 8.64. The summed E-state index contributed by atoms with van der Waals surface area (Å²) in [6, 6.07) is 8.92. The van der Waals surface area contributed by atoms with E-state index in [1.54, 1.807) is 0 Å². The number of anilines is 1. The molecule has 0 spiro atoms. The summed E-state index contributed by atoms with van der Waals surface area (Å²) < 4.78 is 0. The molecule has 152 valence electrons. The van der Waals surface area contributed by atoms with Gasteiger partial charge in [-0.15, -0.1) is 6.58 Å². The average Bonchev–Trinajstić information content (AvgIpc) is 3.12. The number of rotatable bonds is 6. The summed E-state index contributed by atoms with van der Waals surface area (Å²) in [5.41, 5.74) is 6.05. The number of amides is 2. The first-order valence-corrected chi connectivity index (χ1v) is 10.4. The van der Waals surface area contributed by atoms with Crippen LogP contribution < -0.4 is 10.6 Å². The second-order valence-corrected chi connectivity index (χ2v) is 8.15. The SMILES string of the molecule is C=C(C)CCCNC(=O)N1CCc2nc(NC3Cc4ccccc4C3)ncc2C1. The molecule has 2 aromatic rings. The van der Waals surface area contributed by atoms with Crippen molar-refractivity contribution in [1.82, 2.24) is 20.2 Å². The molecule has 0 radical (unpaired) electrons. The summed E-state index contributed by atoms with van der Waals surface area (Å²) in [5.74, 6) is 0.694. The fraction of sp³-hybridized carbons (Fsp3) is 0.435. The molecule has 0 bridgehead atoms. The molecule has 6 nitrogen and oxygen atoms in total. The Kier molecular flexibility index (Phi) is 5.79. The summed E-state index contributed by atoms with van der Waals surface area (Å²) in [6.07, 6.45) is 6.52. The Morgan fingerprint density at radius 3 is 2.72 bits per heavy atom. The zero-order chi connectivity index (χ0) is 20.2. The number of allylic oxidation sites excluding steroid dienone is 1. The highest BCUT2D eigenvalue weighted by Crippen LogP contribution is 2.24. The van der Waals surface area contributed by atoms with Gasteiger partial charge in [-0.05, 0) is 43.7 Å². The van der Waals surface area contributed by atoms with Crippen molar-refractivity contribution in [2.24, 2.45) is 0 Å². The third kappa shape index (κ3) is 4.75. The van der Waals surface area contributed by atoms with E-state index in [9.17, 15) is 4.79 Å². The molecule has 0 atom stereocenters. The van der Waals surface area contributed by atoms with Crippen molar-refractivity contribution in [3.05, 3.63) is 65.0 Å². The number of benzene rings is 1. The molecule has 29 heavy (non-hydrogen) atoms. The van der Waals surface area contributed by atoms with Crippen molar-refractivity contribution >= 4 is 12.0 Å². The molecule has 0 saturated heterocycles. The minimum Gasteiger partial charge on any atom is -0.351 e. The van der Waals surface area contributed by atoms with E-state index in [-0.39, 0.29) is 6.03 Å². The lowest BCUT2D eigenvalue weighted by Crippen LogP contribution is -2.43. The molecule has 4 rings (SSSR count). The van der Waals surface area contributed by atoms with Crippen LogP contribution in [0.15, 0.2) is 42.6 Å². The van der Waals surface area contributed by atoms with Crippen LogP contribution in [0.25, 0.3) is 0 Å². The molecule has 0 fully saturated rings. The van der Waals surface area contributed by atoms with Gasteiger partial charge in [0.2, 0.25) is 5.95 Å². The highest BCUT2D eigenvalue weighted by atomic mass is 16.2. The Morgan fingerprint density at radius 2 is 2.00 bits per heavy atom. The van der Waals surface area contributed by atoms with Crippen LogP contribution in [0.1, 0.15) is 42.1 Å². The molecule has 1 aromatic carbocycles. The standard InChI is InChI=1S/C23H29N5O/c1-16(2)6-5-10-24-23(29)28-11-9-21-19(15-28)14-25-22(27-21)26-20-12-17-7-3-4-8-18(17)13-20/h3-4,7-8,14,20H,1,5-6,9-13,15H2,2H3,(H,24,29)(H,25,26,27). The zero-order valence-electron chi connectivity index (χ0n) is 17.1. The quantitative estimate of drug-likeness (QED) is 0.584. The molecule has 0 unspecified atom stereocenters. The maximum absolute atomic E-state index is 12.4. The van der Waals surface area contributed by atoms with E-state index in [2.05, 4.69) is 46.5 Å². The van der Waals surface area contributed by atoms with Crippen molar-refractivity contribution in [2.45, 2.75) is 51.6 Å². The number of carbonyl (C=O) groups is 1. The molecule has 0 saturated carbocycles. The first-order valence-electron chi connectivity index (χ1n) is 10.4. The van der Waals surface area contributed by atoms with E-state index in [0.717, 1.165) is 48.9 Å². The minimum absolute atomic E-state index is 0.0108. The van der Waals surface area contributed by atoms with Crippen LogP contribution >= 0.6 is 0 Å². The van der Waals surface area contributed by atoms with Crippen LogP contribution in [0.4, 0.5) is 10.7 Å². The molecule has 2 N–H and O–H groups in total. The van der Waals surface area contributed by atoms with E-state index < -0.39 is 0 Å². The van der Waals surface area contributed by atoms with Gasteiger partial charge in [-0.1, -0.05) is 29.8 Å². The first kappa shape index (κ1) is 19.4. The van der Waals surface area contributed by atoms with E-state index >= 15 is 0 Å². The fourth-order valence-electron chi connectivity index (χ4n) is 4.10. The van der Waals surface area contributed by atoms with Gasteiger partial charge in [-0.25, -0.2) is 14.8 Å². The van der Waals surface area contributed by atoms with Gasteiger partial charge in [0.25, 0.3) is 0 Å². The molecule has 2 amide bonds. The lowest BCUT2D eigenvalue weighted by Gasteiger charge is -2.28. The van der Waals surface area contributed by atoms with Crippen molar-refractivity contribution in [1.29, 1.82) is 0 Å². The summed E-state index contributed by atoms with van der Waals surface area (Å²) >= 11 is 0. The number of carbonyl (C=O) groups excluding carboxylic acids is 1. The maximum Gasteiger partial charge on any atom is 0.317 e. The number of fused-ring (bicyclic) bond motifs is 2. The smallest absolute Gasteiger partial charge is 0.317 e. The number of nitrogens with one attached hydrogen (secondary N) is 2. The molecule has 1 aliphatic heterocycles. The van der Waals surface area contributed by atoms with Crippen molar-refractivity contribution in [2.75, 3.05) is 18.4 Å². The Morgan fingerprint density at radius 1 is 1.24 bits per heavy atom. The highest BCUT2D eigenvalue weighted by molar-refractivity contribution is 5.74. The van der Waals surface area contributed by atoms with Crippen LogP contribution in [0.5, 0.6) is 0 Å². The topological polar surface area (TPSA) is 70.2 Å². The van der Waals surface area contributed by atoms with Gasteiger partial charge in [0, 0.05) is 37.3 Å². The van der Waals surface area contributed by atoms with Gasteiger partial charge in [0.05, 0.1) is 12.2 Å². The van der Waals surface area contributed by atoms with Gasteiger partial charge in [-0.2, -0.15) is 0 Å². The number of aromatic nitrogens is 2. The monoisotopic (exact) mass is 391 g/mol. The lowest BCUT2D eigenvalue weighted by molar-refractivity contribution is 0.191. The number of nitrogens with zero attached hydrogens (tertiary/aromatic N) is 3. The van der Waals surface area contributed by atoms with Gasteiger partial charge in [-0.3, -0.25) is 0 Å². The van der Waals surface area contributed by atoms with Gasteiger partial charge in [0.1, 0.15) is 0 Å². The zero-order valence-corrected chi connectivity index (χ0v) is 17.1. The van der Waals surface area contributed by atoms with Crippen molar-refractivity contribution in [3.63, 3.8) is 0 Å². The Balaban J connectivity index is 1.31. The predicted molar refractivity (Wildman–Crippen MR) is 115 cm³/mol. The predicted octanol–water partition coefficient (Wildman–Crippen LogP) is 3.48. The average molecular weight is 392 g/mol. The largest absolute Gasteiger partial charge is 0.351 e. The van der Waals surface area contributed by atoms with Crippen LogP contribution in [0, 0.1) is 0 Å². The molecule has 1 aromatic heterocycles. The summed E-state index contributed by atoms with van der Waals surface area (Å²) in [7, 11) is 0. The molecule has 2 aliphatic rings. The van der Waals surface area contributed by atoms with Crippen LogP contribution in [0.3, 0.4) is 0 Å². The van der Waals surface area contributed by atoms with Gasteiger partial charge < -0.3 is 15.5 Å². The molecular weight excluding hydrogens is 362 g/mol. The molecular formula is C23H29N5O. The van der Waals surface area contributed by atoms with Crippen LogP contribution in [-0.4, -0.2) is 40.0 Å². The van der Waals surface area contributed by atoms with E-state index in [1.165, 1.54) is 11.1 Å². The Hall–Kier alpha value is -2.89. The minimum atomic E-state index is -0.0108. The molecule has 2 heterocycles. The van der Waals surface area contributed by atoms with E-state index in [4.69, 9.17) is 4.98 Å². The first-order chi connectivity index (χ1) is 14.1. The van der Waals surface area contributed by atoms with Crippen molar-refractivity contribution < 1.29 is 4.79 Å². The van der Waals surface area contributed by atoms with Crippen molar-refractivity contribution in [3.8, 4) is 0 Å². The number of hydrogen-bond donors (Lipinski definition) is 2. The van der Waals surface area contributed by atoms with E-state index in [0.29, 0.717) is 31.6 Å². The highest BCUT2D eigenvalue weighted by Gasteiger charge is 2.24. The fourth-order valence-corrected chi connectivity index (χ4v) is 4.10. The third-order valence-corrected chi connectivity index (χ3v) is 5.66. The molecule has 1 aliphatic carbocycles. The number of hydrogen-bond acceptors (Lipinski definition) is 4. The maximum atomic E-state index is 12.4. The van der Waals surface area contributed by atoms with Crippen LogP contribution in [-0.2, 0) is 25.8 Å². The summed E-state index contributed by atoms with van der Waals surface area (Å²) in [5, 5.41) is 6.49. The molecule has 6 heteroatoms.